The van der Waals surface area contributed by atoms with Crippen molar-refractivity contribution in [1.82, 2.24) is 4.90 Å². The van der Waals surface area contributed by atoms with Gasteiger partial charge >= 0.3 is 6.09 Å². The summed E-state index contributed by atoms with van der Waals surface area (Å²) in [6.45, 7) is 0.485. The number of rotatable bonds is 2. The van der Waals surface area contributed by atoms with Crippen molar-refractivity contribution in [1.29, 1.82) is 0 Å². The maximum atomic E-state index is 11.2. The number of amides is 1. The van der Waals surface area contributed by atoms with Gasteiger partial charge in [0.1, 0.15) is 0 Å². The maximum Gasteiger partial charge on any atom is 0.407 e. The van der Waals surface area contributed by atoms with Crippen LogP contribution in [0.25, 0.3) is 0 Å². The van der Waals surface area contributed by atoms with Gasteiger partial charge in [0.15, 0.2) is 5.78 Å². The zero-order valence-electron chi connectivity index (χ0n) is 6.49. The Morgan fingerprint density at radius 2 is 2.25 bits per heavy atom. The van der Waals surface area contributed by atoms with Crippen LogP contribution in [0.15, 0.2) is 0 Å². The number of halogens is 1. The molecular formula is C7H10BrNO3. The fourth-order valence-electron chi connectivity index (χ4n) is 1.42. The van der Waals surface area contributed by atoms with E-state index in [9.17, 15) is 9.59 Å². The number of ketones is 1. The van der Waals surface area contributed by atoms with Crippen LogP contribution in [0.2, 0.25) is 0 Å². The van der Waals surface area contributed by atoms with Gasteiger partial charge in [-0.3, -0.25) is 9.69 Å². The molecule has 1 heterocycles. The largest absolute Gasteiger partial charge is 0.465 e. The number of carbonyl (C=O) groups is 2. The van der Waals surface area contributed by atoms with Gasteiger partial charge in [-0.2, -0.15) is 0 Å². The van der Waals surface area contributed by atoms with Crippen molar-refractivity contribution >= 4 is 27.8 Å². The minimum Gasteiger partial charge on any atom is -0.465 e. The summed E-state index contributed by atoms with van der Waals surface area (Å²) >= 11 is 3.03. The standard InChI is InChI=1S/C7H10BrNO3/c8-4-6(10)5-2-1-3-9(5)7(11)12/h5H,1-4H2,(H,11,12). The van der Waals surface area contributed by atoms with Crippen LogP contribution in [0.3, 0.4) is 0 Å². The highest BCUT2D eigenvalue weighted by Gasteiger charge is 2.32. The van der Waals surface area contributed by atoms with E-state index in [1.165, 1.54) is 4.90 Å². The SMILES string of the molecule is O=C(CBr)C1CCCN1C(=O)O. The van der Waals surface area contributed by atoms with Crippen LogP contribution >= 0.6 is 15.9 Å². The average Bonchev–Trinajstić information content (AvgIpc) is 2.50. The van der Waals surface area contributed by atoms with Gasteiger partial charge in [-0.15, -0.1) is 0 Å². The minimum absolute atomic E-state index is 0.0464. The van der Waals surface area contributed by atoms with Crippen molar-refractivity contribution in [2.45, 2.75) is 18.9 Å². The zero-order valence-corrected chi connectivity index (χ0v) is 8.08. The molecule has 1 saturated heterocycles. The highest BCUT2D eigenvalue weighted by molar-refractivity contribution is 9.09. The number of likely N-dealkylation sites (tertiary alicyclic amines) is 1. The van der Waals surface area contributed by atoms with E-state index in [1.807, 2.05) is 0 Å². The summed E-state index contributed by atoms with van der Waals surface area (Å²) in [5, 5.41) is 8.92. The Hall–Kier alpha value is -0.580. The topological polar surface area (TPSA) is 57.6 Å². The van der Waals surface area contributed by atoms with Gasteiger partial charge in [0, 0.05) is 6.54 Å². The van der Waals surface area contributed by atoms with Crippen molar-refractivity contribution < 1.29 is 14.7 Å². The molecule has 1 fully saturated rings. The summed E-state index contributed by atoms with van der Waals surface area (Å²) in [6.07, 6.45) is 0.457. The second kappa shape index (κ2) is 3.89. The van der Waals surface area contributed by atoms with E-state index in [0.717, 1.165) is 6.42 Å². The van der Waals surface area contributed by atoms with E-state index in [-0.39, 0.29) is 11.1 Å². The van der Waals surface area contributed by atoms with Crippen molar-refractivity contribution in [2.24, 2.45) is 0 Å². The fraction of sp³-hybridized carbons (Fsp3) is 0.714. The smallest absolute Gasteiger partial charge is 0.407 e. The van der Waals surface area contributed by atoms with Gasteiger partial charge in [-0.05, 0) is 12.8 Å². The van der Waals surface area contributed by atoms with Gasteiger partial charge < -0.3 is 5.11 Å². The molecule has 1 aliphatic rings. The number of hydrogen-bond donors (Lipinski definition) is 1. The fourth-order valence-corrected chi connectivity index (χ4v) is 1.79. The molecule has 12 heavy (non-hydrogen) atoms. The third kappa shape index (κ3) is 1.77. The van der Waals surface area contributed by atoms with Crippen LogP contribution in [-0.4, -0.2) is 39.8 Å². The molecule has 0 spiro atoms. The maximum absolute atomic E-state index is 11.2. The molecule has 5 heteroatoms. The Morgan fingerprint density at radius 3 is 2.75 bits per heavy atom. The van der Waals surface area contributed by atoms with E-state index in [0.29, 0.717) is 13.0 Å². The predicted octanol–water partition coefficient (Wildman–Crippen LogP) is 1.09. The normalized spacial score (nSPS) is 22.8. The van der Waals surface area contributed by atoms with E-state index in [1.54, 1.807) is 0 Å². The van der Waals surface area contributed by atoms with Crippen LogP contribution in [0.4, 0.5) is 4.79 Å². The first-order chi connectivity index (χ1) is 5.66. The Kier molecular flexibility index (Phi) is 3.08. The lowest BCUT2D eigenvalue weighted by atomic mass is 10.1. The second-order valence-electron chi connectivity index (χ2n) is 2.73. The molecule has 0 radical (unpaired) electrons. The number of carboxylic acid groups (broad SMARTS) is 1. The van der Waals surface area contributed by atoms with Crippen molar-refractivity contribution in [3.05, 3.63) is 0 Å². The molecule has 4 nitrogen and oxygen atoms in total. The number of carbonyl (C=O) groups excluding carboxylic acids is 1. The Bertz CT molecular complexity index is 207. The first kappa shape index (κ1) is 9.51. The lowest BCUT2D eigenvalue weighted by molar-refractivity contribution is -0.120. The summed E-state index contributed by atoms with van der Waals surface area (Å²) in [6, 6.07) is -0.415. The Labute approximate surface area is 78.7 Å². The lowest BCUT2D eigenvalue weighted by Gasteiger charge is -2.18. The lowest BCUT2D eigenvalue weighted by Crippen LogP contribution is -2.40. The van der Waals surface area contributed by atoms with Crippen molar-refractivity contribution in [3.63, 3.8) is 0 Å². The molecule has 1 N–H and O–H groups in total. The number of hydrogen-bond acceptors (Lipinski definition) is 2. The molecule has 1 amide bonds. The summed E-state index contributed by atoms with van der Waals surface area (Å²) in [5.74, 6) is -0.0464. The molecule has 0 aromatic heterocycles. The van der Waals surface area contributed by atoms with Gasteiger partial charge in [-0.25, -0.2) is 4.79 Å². The van der Waals surface area contributed by atoms with Crippen LogP contribution in [0, 0.1) is 0 Å². The monoisotopic (exact) mass is 235 g/mol. The predicted molar refractivity (Wildman–Crippen MR) is 46.6 cm³/mol. The average molecular weight is 236 g/mol. The van der Waals surface area contributed by atoms with Crippen molar-refractivity contribution in [2.75, 3.05) is 11.9 Å². The highest BCUT2D eigenvalue weighted by Crippen LogP contribution is 2.18. The molecule has 0 bridgehead atoms. The molecular weight excluding hydrogens is 226 g/mol. The van der Waals surface area contributed by atoms with Crippen LogP contribution in [-0.2, 0) is 4.79 Å². The first-order valence-electron chi connectivity index (χ1n) is 3.75. The van der Waals surface area contributed by atoms with Crippen LogP contribution in [0.5, 0.6) is 0 Å². The van der Waals surface area contributed by atoms with Gasteiger partial charge in [0.2, 0.25) is 0 Å². The second-order valence-corrected chi connectivity index (χ2v) is 3.29. The van der Waals surface area contributed by atoms with Gasteiger partial charge in [-0.1, -0.05) is 15.9 Å². The van der Waals surface area contributed by atoms with Crippen molar-refractivity contribution in [3.8, 4) is 0 Å². The first-order valence-corrected chi connectivity index (χ1v) is 4.87. The molecule has 1 aliphatic heterocycles. The zero-order chi connectivity index (χ0) is 9.14. The van der Waals surface area contributed by atoms with Crippen LogP contribution < -0.4 is 0 Å². The summed E-state index contributed by atoms with van der Waals surface area (Å²) in [5.41, 5.74) is 0. The highest BCUT2D eigenvalue weighted by atomic mass is 79.9. The summed E-state index contributed by atoms with van der Waals surface area (Å²) in [4.78, 5) is 23.0. The number of alkyl halides is 1. The molecule has 0 aromatic carbocycles. The van der Waals surface area contributed by atoms with E-state index < -0.39 is 12.1 Å². The van der Waals surface area contributed by atoms with E-state index in [2.05, 4.69) is 15.9 Å². The Morgan fingerprint density at radius 1 is 1.58 bits per heavy atom. The van der Waals surface area contributed by atoms with Crippen LogP contribution in [0.1, 0.15) is 12.8 Å². The molecule has 1 rings (SSSR count). The van der Waals surface area contributed by atoms with Gasteiger partial charge in [0.25, 0.3) is 0 Å². The van der Waals surface area contributed by atoms with E-state index >= 15 is 0 Å². The molecule has 0 saturated carbocycles. The minimum atomic E-state index is -0.994. The van der Waals surface area contributed by atoms with Gasteiger partial charge in [0.05, 0.1) is 11.4 Å². The third-order valence-corrected chi connectivity index (χ3v) is 2.55. The molecule has 1 unspecified atom stereocenters. The Balaban J connectivity index is 2.63. The molecule has 0 aliphatic carbocycles. The number of nitrogens with zero attached hydrogens (tertiary/aromatic N) is 1. The van der Waals surface area contributed by atoms with E-state index in [4.69, 9.17) is 5.11 Å². The summed E-state index contributed by atoms with van der Waals surface area (Å²) < 4.78 is 0. The number of Topliss-reactive ketones (excluding diaryl/α,β-unsaturated/α-hetero) is 1. The molecule has 68 valence electrons. The summed E-state index contributed by atoms with van der Waals surface area (Å²) in [7, 11) is 0. The third-order valence-electron chi connectivity index (χ3n) is 2.00. The molecule has 0 aromatic rings. The quantitative estimate of drug-likeness (QED) is 0.730. The molecule has 1 atom stereocenters.